The summed E-state index contributed by atoms with van der Waals surface area (Å²) in [5.74, 6) is 1.43. The van der Waals surface area contributed by atoms with Crippen LogP contribution < -0.4 is 15.4 Å². The van der Waals surface area contributed by atoms with E-state index in [1.54, 1.807) is 6.07 Å². The minimum absolute atomic E-state index is 0.528. The number of ether oxygens (including phenoxy) is 1. The monoisotopic (exact) mass is 352 g/mol. The number of hydrogen-bond donors (Lipinski definition) is 2. The second-order valence-electron chi connectivity index (χ2n) is 5.71. The Balaban J connectivity index is 1.72. The van der Waals surface area contributed by atoms with Gasteiger partial charge in [-0.3, -0.25) is 0 Å². The zero-order chi connectivity index (χ0) is 16.7. The van der Waals surface area contributed by atoms with Crippen molar-refractivity contribution in [2.75, 3.05) is 30.3 Å². The molecular weight excluding hydrogens is 331 g/mol. The van der Waals surface area contributed by atoms with E-state index in [9.17, 15) is 0 Å². The standard InChI is InChI=1S/C18H22Cl2N2O/c1-13(2)12-23-16-6-3-14(4-7-16)21-9-10-22-15-5-8-17(19)18(20)11-15/h3-8,11,13,21-22H,9-10,12H2,1-2H3. The maximum atomic E-state index is 5.98. The van der Waals surface area contributed by atoms with Crippen molar-refractivity contribution in [1.29, 1.82) is 0 Å². The zero-order valence-corrected chi connectivity index (χ0v) is 14.9. The molecule has 0 radical (unpaired) electrons. The average molecular weight is 353 g/mol. The average Bonchev–Trinajstić information content (AvgIpc) is 2.54. The molecule has 0 saturated carbocycles. The molecule has 0 heterocycles. The van der Waals surface area contributed by atoms with Crippen molar-refractivity contribution >= 4 is 34.6 Å². The number of hydrogen-bond acceptors (Lipinski definition) is 3. The molecule has 0 aliphatic rings. The molecule has 0 fully saturated rings. The first-order valence-corrected chi connectivity index (χ1v) is 8.46. The van der Waals surface area contributed by atoms with Crippen LogP contribution in [0.1, 0.15) is 13.8 Å². The molecule has 0 spiro atoms. The van der Waals surface area contributed by atoms with E-state index in [-0.39, 0.29) is 0 Å². The lowest BCUT2D eigenvalue weighted by molar-refractivity contribution is 0.271. The third-order valence-corrected chi connectivity index (χ3v) is 3.88. The van der Waals surface area contributed by atoms with Crippen LogP contribution >= 0.6 is 23.2 Å². The second-order valence-corrected chi connectivity index (χ2v) is 6.53. The largest absolute Gasteiger partial charge is 0.493 e. The summed E-state index contributed by atoms with van der Waals surface area (Å²) in [6.45, 7) is 6.59. The van der Waals surface area contributed by atoms with E-state index in [1.807, 2.05) is 36.4 Å². The Morgan fingerprint density at radius 2 is 1.48 bits per heavy atom. The summed E-state index contributed by atoms with van der Waals surface area (Å²) in [5, 5.41) is 7.77. The SMILES string of the molecule is CC(C)COc1ccc(NCCNc2ccc(Cl)c(Cl)c2)cc1. The van der Waals surface area contributed by atoms with Crippen molar-refractivity contribution in [1.82, 2.24) is 0 Å². The van der Waals surface area contributed by atoms with Crippen molar-refractivity contribution < 1.29 is 4.74 Å². The van der Waals surface area contributed by atoms with Crippen LogP contribution in [-0.2, 0) is 0 Å². The van der Waals surface area contributed by atoms with Gasteiger partial charge in [0.15, 0.2) is 0 Å². The van der Waals surface area contributed by atoms with Gasteiger partial charge in [-0.15, -0.1) is 0 Å². The minimum Gasteiger partial charge on any atom is -0.493 e. The Kier molecular flexibility index (Phi) is 6.87. The van der Waals surface area contributed by atoms with E-state index in [1.165, 1.54) is 0 Å². The quantitative estimate of drug-likeness (QED) is 0.610. The Morgan fingerprint density at radius 1 is 0.870 bits per heavy atom. The lowest BCUT2D eigenvalue weighted by Crippen LogP contribution is -2.13. The highest BCUT2D eigenvalue weighted by atomic mass is 35.5. The molecule has 124 valence electrons. The first-order chi connectivity index (χ1) is 11.0. The summed E-state index contributed by atoms with van der Waals surface area (Å²) in [6.07, 6.45) is 0. The highest BCUT2D eigenvalue weighted by Gasteiger charge is 2.00. The van der Waals surface area contributed by atoms with Gasteiger partial charge in [0.2, 0.25) is 0 Å². The van der Waals surface area contributed by atoms with Crippen LogP contribution in [-0.4, -0.2) is 19.7 Å². The lowest BCUT2D eigenvalue weighted by Gasteiger charge is -2.11. The van der Waals surface area contributed by atoms with Crippen LogP contribution in [0.5, 0.6) is 5.75 Å². The lowest BCUT2D eigenvalue weighted by atomic mass is 10.2. The molecule has 3 nitrogen and oxygen atoms in total. The molecule has 2 aromatic rings. The van der Waals surface area contributed by atoms with Gasteiger partial charge in [0.1, 0.15) is 5.75 Å². The third-order valence-electron chi connectivity index (χ3n) is 3.14. The van der Waals surface area contributed by atoms with Crippen LogP contribution in [0.15, 0.2) is 42.5 Å². The topological polar surface area (TPSA) is 33.3 Å². The van der Waals surface area contributed by atoms with Gasteiger partial charge >= 0.3 is 0 Å². The van der Waals surface area contributed by atoms with E-state index >= 15 is 0 Å². The second kappa shape index (κ2) is 8.90. The van der Waals surface area contributed by atoms with Crippen LogP contribution in [0.4, 0.5) is 11.4 Å². The smallest absolute Gasteiger partial charge is 0.119 e. The summed E-state index contributed by atoms with van der Waals surface area (Å²) in [5.41, 5.74) is 2.02. The number of rotatable bonds is 8. The molecule has 2 aromatic carbocycles. The molecule has 0 aliphatic carbocycles. The summed E-state index contributed by atoms with van der Waals surface area (Å²) >= 11 is 11.9. The van der Waals surface area contributed by atoms with Gasteiger partial charge in [-0.2, -0.15) is 0 Å². The molecule has 0 saturated heterocycles. The molecule has 0 atom stereocenters. The summed E-state index contributed by atoms with van der Waals surface area (Å²) in [6, 6.07) is 13.5. The Hall–Kier alpha value is -1.58. The fourth-order valence-electron chi connectivity index (χ4n) is 1.95. The molecule has 2 N–H and O–H groups in total. The zero-order valence-electron chi connectivity index (χ0n) is 13.4. The molecule has 0 aromatic heterocycles. The third kappa shape index (κ3) is 6.20. The van der Waals surface area contributed by atoms with Crippen molar-refractivity contribution in [2.45, 2.75) is 13.8 Å². The van der Waals surface area contributed by atoms with E-state index in [0.29, 0.717) is 16.0 Å². The van der Waals surface area contributed by atoms with Crippen molar-refractivity contribution in [3.63, 3.8) is 0 Å². The normalized spacial score (nSPS) is 10.7. The fraction of sp³-hybridized carbons (Fsp3) is 0.333. The summed E-state index contributed by atoms with van der Waals surface area (Å²) in [7, 11) is 0. The van der Waals surface area contributed by atoms with Crippen molar-refractivity contribution in [2.24, 2.45) is 5.92 Å². The maximum Gasteiger partial charge on any atom is 0.119 e. The van der Waals surface area contributed by atoms with E-state index in [2.05, 4.69) is 24.5 Å². The predicted octanol–water partition coefficient (Wildman–Crippen LogP) is 5.55. The van der Waals surface area contributed by atoms with Crippen molar-refractivity contribution in [3.8, 4) is 5.75 Å². The van der Waals surface area contributed by atoms with E-state index in [0.717, 1.165) is 36.8 Å². The summed E-state index contributed by atoms with van der Waals surface area (Å²) in [4.78, 5) is 0. The van der Waals surface area contributed by atoms with E-state index in [4.69, 9.17) is 27.9 Å². The minimum atomic E-state index is 0.528. The number of nitrogens with one attached hydrogen (secondary N) is 2. The number of anilines is 2. The molecule has 2 rings (SSSR count). The predicted molar refractivity (Wildman–Crippen MR) is 100 cm³/mol. The van der Waals surface area contributed by atoms with Gasteiger partial charge in [-0.05, 0) is 48.4 Å². The highest BCUT2D eigenvalue weighted by molar-refractivity contribution is 6.42. The van der Waals surface area contributed by atoms with Crippen LogP contribution in [0.25, 0.3) is 0 Å². The van der Waals surface area contributed by atoms with Gasteiger partial charge in [-0.25, -0.2) is 0 Å². The van der Waals surface area contributed by atoms with E-state index < -0.39 is 0 Å². The molecule has 0 aliphatic heterocycles. The van der Waals surface area contributed by atoms with Crippen molar-refractivity contribution in [3.05, 3.63) is 52.5 Å². The highest BCUT2D eigenvalue weighted by Crippen LogP contribution is 2.24. The fourth-order valence-corrected chi connectivity index (χ4v) is 2.25. The Morgan fingerprint density at radius 3 is 2.09 bits per heavy atom. The maximum absolute atomic E-state index is 5.98. The van der Waals surface area contributed by atoms with Crippen LogP contribution in [0.3, 0.4) is 0 Å². The Bertz CT molecular complexity index is 615. The number of benzene rings is 2. The Labute approximate surface area is 147 Å². The van der Waals surface area contributed by atoms with Gasteiger partial charge in [0.25, 0.3) is 0 Å². The first-order valence-electron chi connectivity index (χ1n) is 7.70. The molecular formula is C18H22Cl2N2O. The molecule has 5 heteroatoms. The molecule has 0 unspecified atom stereocenters. The van der Waals surface area contributed by atoms with Gasteiger partial charge in [-0.1, -0.05) is 37.0 Å². The van der Waals surface area contributed by atoms with Crippen LogP contribution in [0.2, 0.25) is 10.0 Å². The van der Waals surface area contributed by atoms with Gasteiger partial charge in [0.05, 0.1) is 16.7 Å². The first kappa shape index (κ1) is 17.8. The molecule has 0 bridgehead atoms. The number of halogens is 2. The van der Waals surface area contributed by atoms with Gasteiger partial charge < -0.3 is 15.4 Å². The van der Waals surface area contributed by atoms with Gasteiger partial charge in [0, 0.05) is 24.5 Å². The van der Waals surface area contributed by atoms with Crippen LogP contribution in [0, 0.1) is 5.92 Å². The molecule has 23 heavy (non-hydrogen) atoms. The molecule has 0 amide bonds. The summed E-state index contributed by atoms with van der Waals surface area (Å²) < 4.78 is 5.66.